The van der Waals surface area contributed by atoms with Gasteiger partial charge in [0.1, 0.15) is 5.82 Å². The SMILES string of the molecule is NC1CC(CNc2ccccc2)=CCC1c1cc(F)c(F)cc1F. The van der Waals surface area contributed by atoms with E-state index < -0.39 is 17.5 Å². The van der Waals surface area contributed by atoms with Crippen LogP contribution in [0.15, 0.2) is 54.1 Å². The summed E-state index contributed by atoms with van der Waals surface area (Å²) < 4.78 is 40.5. The Morgan fingerprint density at radius 1 is 1.00 bits per heavy atom. The van der Waals surface area contributed by atoms with Crippen molar-refractivity contribution in [3.8, 4) is 0 Å². The summed E-state index contributed by atoms with van der Waals surface area (Å²) in [6, 6.07) is 11.0. The fourth-order valence-corrected chi connectivity index (χ4v) is 3.09. The average Bonchev–Trinajstić information content (AvgIpc) is 2.58. The van der Waals surface area contributed by atoms with E-state index in [0.29, 0.717) is 25.5 Å². The minimum atomic E-state index is -1.18. The fraction of sp³-hybridized carbons (Fsp3) is 0.263. The molecule has 0 spiro atoms. The third kappa shape index (κ3) is 3.62. The molecule has 0 heterocycles. The lowest BCUT2D eigenvalue weighted by Crippen LogP contribution is -2.33. The van der Waals surface area contributed by atoms with Crippen molar-refractivity contribution in [3.05, 3.63) is 77.1 Å². The third-order valence-electron chi connectivity index (χ3n) is 4.41. The van der Waals surface area contributed by atoms with E-state index in [-0.39, 0.29) is 17.5 Å². The van der Waals surface area contributed by atoms with Crippen molar-refractivity contribution in [2.24, 2.45) is 5.73 Å². The van der Waals surface area contributed by atoms with Crippen LogP contribution in [0, 0.1) is 17.5 Å². The summed E-state index contributed by atoms with van der Waals surface area (Å²) in [5, 5.41) is 3.31. The van der Waals surface area contributed by atoms with Gasteiger partial charge in [0.2, 0.25) is 0 Å². The second-order valence-corrected chi connectivity index (χ2v) is 6.08. The first-order chi connectivity index (χ1) is 11.5. The van der Waals surface area contributed by atoms with Crippen LogP contribution in [0.2, 0.25) is 0 Å². The maximum atomic E-state index is 14.0. The van der Waals surface area contributed by atoms with Crippen LogP contribution in [0.25, 0.3) is 0 Å². The average molecular weight is 332 g/mol. The van der Waals surface area contributed by atoms with E-state index in [1.807, 2.05) is 36.4 Å². The minimum Gasteiger partial charge on any atom is -0.381 e. The predicted molar refractivity (Wildman–Crippen MR) is 89.3 cm³/mol. The van der Waals surface area contributed by atoms with Gasteiger partial charge in [0.25, 0.3) is 0 Å². The van der Waals surface area contributed by atoms with Crippen molar-refractivity contribution in [3.63, 3.8) is 0 Å². The Labute approximate surface area is 139 Å². The van der Waals surface area contributed by atoms with Crippen LogP contribution in [-0.4, -0.2) is 12.6 Å². The molecule has 2 nitrogen and oxygen atoms in total. The zero-order chi connectivity index (χ0) is 17.1. The molecule has 0 radical (unpaired) electrons. The van der Waals surface area contributed by atoms with Gasteiger partial charge in [-0.25, -0.2) is 13.2 Å². The summed E-state index contributed by atoms with van der Waals surface area (Å²) >= 11 is 0. The van der Waals surface area contributed by atoms with E-state index in [0.717, 1.165) is 17.3 Å². The molecule has 2 aromatic carbocycles. The number of rotatable bonds is 4. The molecule has 0 aliphatic heterocycles. The van der Waals surface area contributed by atoms with E-state index in [1.165, 1.54) is 0 Å². The van der Waals surface area contributed by atoms with E-state index in [9.17, 15) is 13.2 Å². The molecule has 0 saturated carbocycles. The molecule has 2 unspecified atom stereocenters. The lowest BCUT2D eigenvalue weighted by atomic mass is 9.80. The third-order valence-corrected chi connectivity index (χ3v) is 4.41. The Balaban J connectivity index is 1.70. The molecule has 5 heteroatoms. The van der Waals surface area contributed by atoms with Crippen LogP contribution >= 0.6 is 0 Å². The van der Waals surface area contributed by atoms with Crippen LogP contribution in [0.3, 0.4) is 0 Å². The summed E-state index contributed by atoms with van der Waals surface area (Å²) in [6.07, 6.45) is 3.10. The van der Waals surface area contributed by atoms with E-state index in [2.05, 4.69) is 5.32 Å². The summed E-state index contributed by atoms with van der Waals surface area (Å²) in [4.78, 5) is 0. The minimum absolute atomic E-state index is 0.146. The van der Waals surface area contributed by atoms with Crippen LogP contribution in [0.5, 0.6) is 0 Å². The van der Waals surface area contributed by atoms with Crippen molar-refractivity contribution >= 4 is 5.69 Å². The summed E-state index contributed by atoms with van der Waals surface area (Å²) in [6.45, 7) is 0.657. The second kappa shape index (κ2) is 7.09. The molecular formula is C19H19F3N2. The highest BCUT2D eigenvalue weighted by molar-refractivity contribution is 5.44. The molecule has 126 valence electrons. The van der Waals surface area contributed by atoms with Crippen molar-refractivity contribution < 1.29 is 13.2 Å². The Bertz CT molecular complexity index is 744. The fourth-order valence-electron chi connectivity index (χ4n) is 3.09. The first-order valence-electron chi connectivity index (χ1n) is 7.91. The van der Waals surface area contributed by atoms with Gasteiger partial charge >= 0.3 is 0 Å². The van der Waals surface area contributed by atoms with Gasteiger partial charge in [-0.1, -0.05) is 29.8 Å². The predicted octanol–water partition coefficient (Wildman–Crippen LogP) is 4.35. The number of hydrogen-bond acceptors (Lipinski definition) is 2. The lowest BCUT2D eigenvalue weighted by molar-refractivity contribution is 0.455. The highest BCUT2D eigenvalue weighted by Gasteiger charge is 2.27. The largest absolute Gasteiger partial charge is 0.381 e. The summed E-state index contributed by atoms with van der Waals surface area (Å²) in [5.41, 5.74) is 8.47. The van der Waals surface area contributed by atoms with Gasteiger partial charge < -0.3 is 11.1 Å². The van der Waals surface area contributed by atoms with Crippen molar-refractivity contribution in [1.82, 2.24) is 0 Å². The molecule has 1 aliphatic rings. The lowest BCUT2D eigenvalue weighted by Gasteiger charge is -2.29. The molecule has 0 amide bonds. The molecule has 2 aromatic rings. The molecule has 3 N–H and O–H groups in total. The number of halogens is 3. The molecule has 0 fully saturated rings. The number of anilines is 1. The zero-order valence-electron chi connectivity index (χ0n) is 13.1. The maximum Gasteiger partial charge on any atom is 0.161 e. The van der Waals surface area contributed by atoms with Crippen LogP contribution < -0.4 is 11.1 Å². The van der Waals surface area contributed by atoms with Crippen molar-refractivity contribution in [2.45, 2.75) is 24.8 Å². The standard InChI is InChI=1S/C19H19F3N2/c20-16-10-18(22)17(21)9-15(16)14-7-6-12(8-19(14)23)11-24-13-4-2-1-3-5-13/h1-6,9-10,14,19,24H,7-8,11,23H2. The number of nitrogens with two attached hydrogens (primary N) is 1. The molecule has 0 bridgehead atoms. The van der Waals surface area contributed by atoms with Gasteiger partial charge in [0.15, 0.2) is 11.6 Å². The number of nitrogens with one attached hydrogen (secondary N) is 1. The van der Waals surface area contributed by atoms with Gasteiger partial charge in [-0.05, 0) is 36.6 Å². The number of benzene rings is 2. The van der Waals surface area contributed by atoms with Crippen molar-refractivity contribution in [2.75, 3.05) is 11.9 Å². The zero-order valence-corrected chi connectivity index (χ0v) is 13.1. The molecular weight excluding hydrogens is 313 g/mol. The first kappa shape index (κ1) is 16.6. The Morgan fingerprint density at radius 2 is 1.71 bits per heavy atom. The first-order valence-corrected chi connectivity index (χ1v) is 7.91. The highest BCUT2D eigenvalue weighted by Crippen LogP contribution is 2.33. The maximum absolute atomic E-state index is 14.0. The number of hydrogen-bond donors (Lipinski definition) is 2. The summed E-state index contributed by atoms with van der Waals surface area (Å²) in [7, 11) is 0. The Morgan fingerprint density at radius 3 is 2.42 bits per heavy atom. The van der Waals surface area contributed by atoms with E-state index >= 15 is 0 Å². The van der Waals surface area contributed by atoms with Crippen molar-refractivity contribution in [1.29, 1.82) is 0 Å². The van der Waals surface area contributed by atoms with E-state index in [4.69, 9.17) is 5.73 Å². The smallest absolute Gasteiger partial charge is 0.161 e. The molecule has 0 aromatic heterocycles. The Kier molecular flexibility index (Phi) is 4.90. The second-order valence-electron chi connectivity index (χ2n) is 6.08. The van der Waals surface area contributed by atoms with Gasteiger partial charge in [-0.2, -0.15) is 0 Å². The molecule has 0 saturated heterocycles. The van der Waals surface area contributed by atoms with Gasteiger partial charge in [-0.3, -0.25) is 0 Å². The van der Waals surface area contributed by atoms with E-state index in [1.54, 1.807) is 0 Å². The van der Waals surface area contributed by atoms with Gasteiger partial charge in [-0.15, -0.1) is 0 Å². The quantitative estimate of drug-likeness (QED) is 0.645. The number of para-hydroxylation sites is 1. The normalized spacial score (nSPS) is 20.6. The molecule has 2 atom stereocenters. The van der Waals surface area contributed by atoms with Gasteiger partial charge in [0, 0.05) is 30.3 Å². The van der Waals surface area contributed by atoms with Crippen LogP contribution in [0.1, 0.15) is 24.3 Å². The monoisotopic (exact) mass is 332 g/mol. The summed E-state index contributed by atoms with van der Waals surface area (Å²) in [5.74, 6) is -3.31. The van der Waals surface area contributed by atoms with Crippen LogP contribution in [0.4, 0.5) is 18.9 Å². The highest BCUT2D eigenvalue weighted by atomic mass is 19.2. The number of allylic oxidation sites excluding steroid dienone is 1. The molecule has 3 rings (SSSR count). The van der Waals surface area contributed by atoms with Crippen LogP contribution in [-0.2, 0) is 0 Å². The molecule has 24 heavy (non-hydrogen) atoms. The Hall–Kier alpha value is -2.27. The topological polar surface area (TPSA) is 38.0 Å². The molecule has 1 aliphatic carbocycles. The van der Waals surface area contributed by atoms with Gasteiger partial charge in [0.05, 0.1) is 0 Å².